The Bertz CT molecular complexity index is 612. The van der Waals surface area contributed by atoms with E-state index in [1.165, 1.54) is 18.9 Å². The average Bonchev–Trinajstić information content (AvgIpc) is 3.18. The fourth-order valence-corrected chi connectivity index (χ4v) is 2.39. The minimum absolute atomic E-state index is 0.0752. The second-order valence-corrected chi connectivity index (χ2v) is 5.61. The van der Waals surface area contributed by atoms with Gasteiger partial charge in [-0.05, 0) is 30.4 Å². The van der Waals surface area contributed by atoms with Crippen molar-refractivity contribution in [2.24, 2.45) is 11.7 Å². The molecule has 0 bridgehead atoms. The maximum Gasteiger partial charge on any atom is 0.228 e. The third kappa shape index (κ3) is 2.99. The first kappa shape index (κ1) is 13.5. The molecular weight excluding hydrogens is 281 g/mol. The van der Waals surface area contributed by atoms with E-state index < -0.39 is 5.82 Å². The predicted octanol–water partition coefficient (Wildman–Crippen LogP) is 2.73. The van der Waals surface area contributed by atoms with Gasteiger partial charge in [0.1, 0.15) is 5.82 Å². The summed E-state index contributed by atoms with van der Waals surface area (Å²) in [5.74, 6) is 1.11. The summed E-state index contributed by atoms with van der Waals surface area (Å²) in [6, 6.07) is 4.94. The highest BCUT2D eigenvalue weighted by atomic mass is 35.5. The molecule has 20 heavy (non-hydrogen) atoms. The Morgan fingerprint density at radius 3 is 3.00 bits per heavy atom. The third-order valence-electron chi connectivity index (χ3n) is 3.53. The van der Waals surface area contributed by atoms with E-state index in [4.69, 9.17) is 21.9 Å². The van der Waals surface area contributed by atoms with Gasteiger partial charge in [0, 0.05) is 18.9 Å². The van der Waals surface area contributed by atoms with Crippen LogP contribution in [0.2, 0.25) is 5.02 Å². The second kappa shape index (κ2) is 5.50. The molecule has 1 aliphatic rings. The van der Waals surface area contributed by atoms with E-state index in [1.54, 1.807) is 12.1 Å². The van der Waals surface area contributed by atoms with Crippen molar-refractivity contribution < 1.29 is 8.91 Å². The van der Waals surface area contributed by atoms with Crippen LogP contribution in [0, 0.1) is 11.7 Å². The fourth-order valence-electron chi connectivity index (χ4n) is 2.19. The Labute approximate surface area is 121 Å². The Morgan fingerprint density at radius 1 is 1.45 bits per heavy atom. The normalized spacial score (nSPS) is 16.4. The van der Waals surface area contributed by atoms with Crippen LogP contribution in [0.25, 0.3) is 0 Å². The van der Waals surface area contributed by atoms with Crippen LogP contribution in [0.5, 0.6) is 0 Å². The van der Waals surface area contributed by atoms with Gasteiger partial charge in [0.25, 0.3) is 0 Å². The summed E-state index contributed by atoms with van der Waals surface area (Å²) >= 11 is 5.74. The van der Waals surface area contributed by atoms with Gasteiger partial charge >= 0.3 is 0 Å². The van der Waals surface area contributed by atoms with E-state index in [0.717, 1.165) is 0 Å². The van der Waals surface area contributed by atoms with Crippen LogP contribution in [0.15, 0.2) is 22.7 Å². The number of hydrogen-bond donors (Lipinski definition) is 1. The van der Waals surface area contributed by atoms with E-state index >= 15 is 0 Å². The average molecular weight is 296 g/mol. The van der Waals surface area contributed by atoms with Crippen molar-refractivity contribution in [1.29, 1.82) is 0 Å². The lowest BCUT2D eigenvalue weighted by Crippen LogP contribution is -2.25. The summed E-state index contributed by atoms with van der Waals surface area (Å²) in [4.78, 5) is 4.26. The lowest BCUT2D eigenvalue weighted by atomic mass is 10.1. The van der Waals surface area contributed by atoms with Gasteiger partial charge in [-0.3, -0.25) is 0 Å². The van der Waals surface area contributed by atoms with Gasteiger partial charge in [0.05, 0.1) is 5.02 Å². The Hall–Kier alpha value is -1.46. The molecule has 1 fully saturated rings. The molecule has 106 valence electrons. The van der Waals surface area contributed by atoms with Gasteiger partial charge in [0.15, 0.2) is 5.82 Å². The van der Waals surface area contributed by atoms with Crippen LogP contribution < -0.4 is 5.73 Å². The molecule has 0 amide bonds. The maximum atomic E-state index is 13.8. The summed E-state index contributed by atoms with van der Waals surface area (Å²) < 4.78 is 18.9. The topological polar surface area (TPSA) is 64.9 Å². The van der Waals surface area contributed by atoms with Crippen LogP contribution in [0.1, 0.15) is 30.1 Å². The fraction of sp³-hybridized carbons (Fsp3) is 0.429. The molecule has 2 aromatic rings. The number of benzene rings is 1. The number of hydrogen-bond acceptors (Lipinski definition) is 4. The van der Waals surface area contributed by atoms with Gasteiger partial charge in [-0.25, -0.2) is 4.39 Å². The molecule has 1 aromatic carbocycles. The molecule has 0 aliphatic heterocycles. The molecule has 0 saturated heterocycles. The first-order valence-corrected chi connectivity index (χ1v) is 7.01. The molecule has 1 unspecified atom stereocenters. The van der Waals surface area contributed by atoms with Gasteiger partial charge in [-0.2, -0.15) is 4.98 Å². The largest absolute Gasteiger partial charge is 0.339 e. The second-order valence-electron chi connectivity index (χ2n) is 5.20. The van der Waals surface area contributed by atoms with Crippen LogP contribution in [-0.2, 0) is 12.8 Å². The molecule has 6 heteroatoms. The van der Waals surface area contributed by atoms with Gasteiger partial charge in [-0.15, -0.1) is 0 Å². The van der Waals surface area contributed by atoms with Crippen molar-refractivity contribution in [2.75, 3.05) is 0 Å². The number of halogens is 2. The zero-order chi connectivity index (χ0) is 14.1. The van der Waals surface area contributed by atoms with E-state index in [1.807, 2.05) is 0 Å². The molecule has 0 radical (unpaired) electrons. The Morgan fingerprint density at radius 2 is 2.25 bits per heavy atom. The minimum Gasteiger partial charge on any atom is -0.339 e. The standard InChI is InChI=1S/C14H15ClFN3O/c15-10-3-1-2-9(14(10)16)6-12-18-13(20-19-12)7-11(17)8-4-5-8/h1-3,8,11H,4-7,17H2. The molecule has 0 spiro atoms. The third-order valence-corrected chi connectivity index (χ3v) is 3.82. The van der Waals surface area contributed by atoms with Crippen molar-refractivity contribution >= 4 is 11.6 Å². The van der Waals surface area contributed by atoms with Gasteiger partial charge in [0.2, 0.25) is 5.89 Å². The lowest BCUT2D eigenvalue weighted by Gasteiger charge is -2.04. The molecule has 1 heterocycles. The molecule has 4 nitrogen and oxygen atoms in total. The van der Waals surface area contributed by atoms with E-state index in [9.17, 15) is 4.39 Å². The molecule has 2 N–H and O–H groups in total. The summed E-state index contributed by atoms with van der Waals surface area (Å²) in [7, 11) is 0. The highest BCUT2D eigenvalue weighted by Gasteiger charge is 2.29. The SMILES string of the molecule is NC(Cc1nc(Cc2cccc(Cl)c2F)no1)C1CC1. The van der Waals surface area contributed by atoms with Crippen LogP contribution in [0.4, 0.5) is 4.39 Å². The highest BCUT2D eigenvalue weighted by Crippen LogP contribution is 2.32. The van der Waals surface area contributed by atoms with Crippen molar-refractivity contribution in [1.82, 2.24) is 10.1 Å². The van der Waals surface area contributed by atoms with Crippen molar-refractivity contribution in [2.45, 2.75) is 31.7 Å². The minimum atomic E-state index is -0.435. The summed E-state index contributed by atoms with van der Waals surface area (Å²) in [5.41, 5.74) is 6.47. The van der Waals surface area contributed by atoms with Crippen molar-refractivity contribution in [3.8, 4) is 0 Å². The van der Waals surface area contributed by atoms with Crippen LogP contribution in [-0.4, -0.2) is 16.2 Å². The zero-order valence-corrected chi connectivity index (χ0v) is 11.6. The Balaban J connectivity index is 1.68. The van der Waals surface area contributed by atoms with E-state index in [0.29, 0.717) is 29.6 Å². The predicted molar refractivity (Wildman–Crippen MR) is 72.9 cm³/mol. The highest BCUT2D eigenvalue weighted by molar-refractivity contribution is 6.30. The van der Waals surface area contributed by atoms with Gasteiger partial charge in [-0.1, -0.05) is 28.9 Å². The maximum absolute atomic E-state index is 13.8. The lowest BCUT2D eigenvalue weighted by molar-refractivity contribution is 0.359. The molecular formula is C14H15ClFN3O. The number of nitrogens with two attached hydrogens (primary N) is 1. The molecule has 3 rings (SSSR count). The number of aromatic nitrogens is 2. The zero-order valence-electron chi connectivity index (χ0n) is 10.9. The van der Waals surface area contributed by atoms with Gasteiger partial charge < -0.3 is 10.3 Å². The van der Waals surface area contributed by atoms with Crippen molar-refractivity contribution in [3.05, 3.63) is 46.3 Å². The smallest absolute Gasteiger partial charge is 0.228 e. The molecule has 1 saturated carbocycles. The number of rotatable bonds is 5. The molecule has 1 atom stereocenters. The van der Waals surface area contributed by atoms with E-state index in [2.05, 4.69) is 10.1 Å². The van der Waals surface area contributed by atoms with E-state index in [-0.39, 0.29) is 17.5 Å². The summed E-state index contributed by atoms with van der Waals surface area (Å²) in [5, 5.41) is 3.96. The first-order valence-electron chi connectivity index (χ1n) is 6.63. The first-order chi connectivity index (χ1) is 9.63. The Kier molecular flexibility index (Phi) is 3.72. The van der Waals surface area contributed by atoms with Crippen molar-refractivity contribution in [3.63, 3.8) is 0 Å². The van der Waals surface area contributed by atoms with Crippen LogP contribution >= 0.6 is 11.6 Å². The van der Waals surface area contributed by atoms with Crippen LogP contribution in [0.3, 0.4) is 0 Å². The number of nitrogens with zero attached hydrogens (tertiary/aromatic N) is 2. The molecule has 1 aromatic heterocycles. The summed E-state index contributed by atoms with van der Waals surface area (Å²) in [6.45, 7) is 0. The quantitative estimate of drug-likeness (QED) is 0.921. The summed E-state index contributed by atoms with van der Waals surface area (Å²) in [6.07, 6.45) is 3.19. The molecule has 1 aliphatic carbocycles. The monoisotopic (exact) mass is 295 g/mol.